The van der Waals surface area contributed by atoms with Gasteiger partial charge in [0.05, 0.1) is 12.3 Å². The van der Waals surface area contributed by atoms with E-state index in [2.05, 4.69) is 35.0 Å². The van der Waals surface area contributed by atoms with E-state index in [0.29, 0.717) is 25.6 Å². The van der Waals surface area contributed by atoms with Gasteiger partial charge in [-0.15, -0.1) is 0 Å². The number of benzene rings is 1. The highest BCUT2D eigenvalue weighted by Gasteiger charge is 2.35. The van der Waals surface area contributed by atoms with Crippen LogP contribution >= 0.6 is 15.9 Å². The summed E-state index contributed by atoms with van der Waals surface area (Å²) in [6.45, 7) is 5.68. The smallest absolute Gasteiger partial charge is 0.409 e. The van der Waals surface area contributed by atoms with Gasteiger partial charge in [0.2, 0.25) is 0 Å². The van der Waals surface area contributed by atoms with Gasteiger partial charge in [-0.25, -0.2) is 4.79 Å². The van der Waals surface area contributed by atoms with Crippen molar-refractivity contribution in [2.45, 2.75) is 32.6 Å². The molecule has 1 aliphatic carbocycles. The van der Waals surface area contributed by atoms with E-state index >= 15 is 0 Å². The molecular weight excluding hydrogens is 432 g/mol. The number of rotatable bonds is 2. The van der Waals surface area contributed by atoms with Crippen molar-refractivity contribution in [1.82, 2.24) is 9.88 Å². The van der Waals surface area contributed by atoms with E-state index in [4.69, 9.17) is 9.72 Å². The molecule has 29 heavy (non-hydrogen) atoms. The first-order valence-corrected chi connectivity index (χ1v) is 10.9. The zero-order chi connectivity index (χ0) is 20.5. The summed E-state index contributed by atoms with van der Waals surface area (Å²) in [5.41, 5.74) is 5.54. The number of hydrogen-bond acceptors (Lipinski definition) is 4. The minimum absolute atomic E-state index is 0.117. The first kappa shape index (κ1) is 20.0. The maximum Gasteiger partial charge on any atom is 0.409 e. The lowest BCUT2D eigenvalue weighted by molar-refractivity contribution is 0.0900. The van der Waals surface area contributed by atoms with Crippen LogP contribution in [0.25, 0.3) is 11.6 Å². The maximum absolute atomic E-state index is 12.1. The molecule has 1 unspecified atom stereocenters. The molecule has 0 bridgehead atoms. The standard InChI is InChI=1S/C23H25BrN2O3/c1-3-29-23(28)26-8-6-15(7-9-26)21-19-5-4-18(27)12-20(19)14(2)10-16-11-17(24)13-25-22(16)21/h4-5,10-13,15,21,27H,3,6-9H2,1-2H3. The Kier molecular flexibility index (Phi) is 5.63. The van der Waals surface area contributed by atoms with Crippen LogP contribution in [0, 0.1) is 5.92 Å². The minimum atomic E-state index is -0.225. The van der Waals surface area contributed by atoms with Crippen LogP contribution in [0.3, 0.4) is 0 Å². The summed E-state index contributed by atoms with van der Waals surface area (Å²) in [5, 5.41) is 10.1. The van der Waals surface area contributed by atoms with Crippen LogP contribution in [0.2, 0.25) is 0 Å². The third-order valence-corrected chi connectivity index (χ3v) is 6.35. The second kappa shape index (κ2) is 8.19. The molecule has 1 aliphatic heterocycles. The van der Waals surface area contributed by atoms with Gasteiger partial charge in [-0.05, 0) is 95.1 Å². The molecule has 1 amide bonds. The van der Waals surface area contributed by atoms with Crippen LogP contribution in [0.4, 0.5) is 4.79 Å². The number of fused-ring (bicyclic) bond motifs is 2. The number of ether oxygens (including phenoxy) is 1. The van der Waals surface area contributed by atoms with Gasteiger partial charge in [0.25, 0.3) is 0 Å². The quantitative estimate of drug-likeness (QED) is 0.654. The summed E-state index contributed by atoms with van der Waals surface area (Å²) in [5.74, 6) is 0.745. The summed E-state index contributed by atoms with van der Waals surface area (Å²) < 4.78 is 6.12. The highest BCUT2D eigenvalue weighted by molar-refractivity contribution is 9.10. The number of hydrogen-bond donors (Lipinski definition) is 1. The fourth-order valence-corrected chi connectivity index (χ4v) is 4.91. The topological polar surface area (TPSA) is 62.7 Å². The van der Waals surface area contributed by atoms with Crippen molar-refractivity contribution in [2.75, 3.05) is 19.7 Å². The number of nitrogens with zero attached hydrogens (tertiary/aromatic N) is 2. The minimum Gasteiger partial charge on any atom is -0.508 e. The lowest BCUT2D eigenvalue weighted by Crippen LogP contribution is -2.40. The van der Waals surface area contributed by atoms with Crippen molar-refractivity contribution in [3.63, 3.8) is 0 Å². The maximum atomic E-state index is 12.1. The molecule has 2 aromatic rings. The number of halogens is 1. The molecule has 1 aromatic carbocycles. The molecular formula is C23H25BrN2O3. The number of piperidine rings is 1. The number of carbonyl (C=O) groups is 1. The number of carbonyl (C=O) groups excluding carboxylic acids is 1. The zero-order valence-corrected chi connectivity index (χ0v) is 18.3. The Balaban J connectivity index is 1.73. The molecule has 2 aliphatic rings. The van der Waals surface area contributed by atoms with Gasteiger partial charge in [0, 0.05) is 29.7 Å². The Morgan fingerprint density at radius 3 is 2.79 bits per heavy atom. The average molecular weight is 457 g/mol. The van der Waals surface area contributed by atoms with Crippen molar-refractivity contribution in [3.8, 4) is 5.75 Å². The highest BCUT2D eigenvalue weighted by Crippen LogP contribution is 2.45. The lowest BCUT2D eigenvalue weighted by atomic mass is 9.76. The Labute approximate surface area is 179 Å². The molecule has 4 rings (SSSR count). The molecule has 6 heteroatoms. The number of phenolic OH excluding ortho intramolecular Hbond substituents is 1. The van der Waals surface area contributed by atoms with Crippen molar-refractivity contribution in [3.05, 3.63) is 57.3 Å². The number of aromatic nitrogens is 1. The predicted molar refractivity (Wildman–Crippen MR) is 117 cm³/mol. The molecule has 1 saturated heterocycles. The molecule has 0 saturated carbocycles. The summed E-state index contributed by atoms with van der Waals surface area (Å²) in [6.07, 6.45) is 5.56. The number of allylic oxidation sites excluding steroid dienone is 1. The number of phenols is 1. The normalized spacial score (nSPS) is 19.1. The molecule has 152 valence electrons. The van der Waals surface area contributed by atoms with Crippen LogP contribution in [-0.4, -0.2) is 40.8 Å². The summed E-state index contributed by atoms with van der Waals surface area (Å²) in [7, 11) is 0. The van der Waals surface area contributed by atoms with Gasteiger partial charge in [-0.1, -0.05) is 6.07 Å². The molecule has 1 fully saturated rings. The van der Waals surface area contributed by atoms with Gasteiger partial charge in [-0.2, -0.15) is 0 Å². The number of amides is 1. The fourth-order valence-electron chi connectivity index (χ4n) is 4.56. The molecule has 1 aromatic heterocycles. The van der Waals surface area contributed by atoms with Gasteiger partial charge in [0.1, 0.15) is 5.75 Å². The van der Waals surface area contributed by atoms with E-state index < -0.39 is 0 Å². The first-order valence-electron chi connectivity index (χ1n) is 10.1. The van der Waals surface area contributed by atoms with Crippen LogP contribution in [-0.2, 0) is 4.74 Å². The van der Waals surface area contributed by atoms with Gasteiger partial charge in [-0.3, -0.25) is 4.98 Å². The second-order valence-corrected chi connectivity index (χ2v) is 8.64. The molecule has 1 atom stereocenters. The Morgan fingerprint density at radius 2 is 2.07 bits per heavy atom. The molecule has 1 N–H and O–H groups in total. The second-order valence-electron chi connectivity index (χ2n) is 7.73. The van der Waals surface area contributed by atoms with Crippen LogP contribution in [0.1, 0.15) is 55.0 Å². The number of aromatic hydroxyl groups is 1. The van der Waals surface area contributed by atoms with E-state index in [1.54, 1.807) is 11.0 Å². The third kappa shape index (κ3) is 3.90. The van der Waals surface area contributed by atoms with Crippen LogP contribution in [0.5, 0.6) is 5.75 Å². The molecule has 0 spiro atoms. The summed E-state index contributed by atoms with van der Waals surface area (Å²) in [4.78, 5) is 18.7. The summed E-state index contributed by atoms with van der Waals surface area (Å²) in [6, 6.07) is 7.75. The van der Waals surface area contributed by atoms with E-state index in [1.165, 1.54) is 5.56 Å². The Hall–Kier alpha value is -2.34. The summed E-state index contributed by atoms with van der Waals surface area (Å²) >= 11 is 3.55. The molecule has 0 radical (unpaired) electrons. The van der Waals surface area contributed by atoms with E-state index in [1.807, 2.05) is 25.3 Å². The predicted octanol–water partition coefficient (Wildman–Crippen LogP) is 5.42. The van der Waals surface area contributed by atoms with Crippen LogP contribution < -0.4 is 0 Å². The highest BCUT2D eigenvalue weighted by atomic mass is 79.9. The van der Waals surface area contributed by atoms with Gasteiger partial charge >= 0.3 is 6.09 Å². The van der Waals surface area contributed by atoms with Gasteiger partial charge in [0.15, 0.2) is 0 Å². The lowest BCUT2D eigenvalue weighted by Gasteiger charge is -2.36. The Morgan fingerprint density at radius 1 is 1.31 bits per heavy atom. The van der Waals surface area contributed by atoms with E-state index in [-0.39, 0.29) is 17.8 Å². The van der Waals surface area contributed by atoms with Crippen molar-refractivity contribution in [1.29, 1.82) is 0 Å². The number of pyridine rings is 1. The van der Waals surface area contributed by atoms with Crippen LogP contribution in [0.15, 0.2) is 34.9 Å². The van der Waals surface area contributed by atoms with Crippen molar-refractivity contribution < 1.29 is 14.6 Å². The molecule has 2 heterocycles. The zero-order valence-electron chi connectivity index (χ0n) is 16.7. The Bertz CT molecular complexity index is 965. The fraction of sp³-hybridized carbons (Fsp3) is 0.391. The molecule has 5 nitrogen and oxygen atoms in total. The largest absolute Gasteiger partial charge is 0.508 e. The third-order valence-electron chi connectivity index (χ3n) is 5.92. The number of likely N-dealkylation sites (tertiary alicyclic amines) is 1. The monoisotopic (exact) mass is 456 g/mol. The SMILES string of the molecule is CCOC(=O)N1CCC(C2c3ccc(O)cc3C(C)=Cc3cc(Br)cnc32)CC1. The van der Waals surface area contributed by atoms with E-state index in [9.17, 15) is 9.90 Å². The van der Waals surface area contributed by atoms with E-state index in [0.717, 1.165) is 39.7 Å². The average Bonchev–Trinajstić information content (AvgIpc) is 2.82. The van der Waals surface area contributed by atoms with Gasteiger partial charge < -0.3 is 14.7 Å². The van der Waals surface area contributed by atoms with Crippen molar-refractivity contribution in [2.24, 2.45) is 5.92 Å². The first-order chi connectivity index (χ1) is 14.0. The van der Waals surface area contributed by atoms with Crippen molar-refractivity contribution >= 4 is 33.7 Å².